The van der Waals surface area contributed by atoms with Crippen molar-refractivity contribution in [3.8, 4) is 12.3 Å². The molecular formula is C21H22. The second-order valence-corrected chi connectivity index (χ2v) is 5.64. The third-order valence-electron chi connectivity index (χ3n) is 3.96. The van der Waals surface area contributed by atoms with Gasteiger partial charge < -0.3 is 0 Å². The Morgan fingerprint density at radius 2 is 1.71 bits per heavy atom. The summed E-state index contributed by atoms with van der Waals surface area (Å²) in [5, 5.41) is 0. The average Bonchev–Trinajstić information content (AvgIpc) is 2.49. The molecule has 0 aliphatic rings. The SMILES string of the molecule is C#CCc1ccc(CC(C)C(=C)c2ccccc2C)cc1. The summed E-state index contributed by atoms with van der Waals surface area (Å²) in [6.45, 7) is 8.68. The second-order valence-electron chi connectivity index (χ2n) is 5.64. The van der Waals surface area contributed by atoms with Crippen LogP contribution in [0.25, 0.3) is 5.57 Å². The molecule has 2 rings (SSSR count). The maximum absolute atomic E-state index is 5.34. The van der Waals surface area contributed by atoms with Gasteiger partial charge in [0.25, 0.3) is 0 Å². The minimum Gasteiger partial charge on any atom is -0.120 e. The number of benzene rings is 2. The lowest BCUT2D eigenvalue weighted by atomic mass is 9.88. The minimum atomic E-state index is 0.421. The summed E-state index contributed by atoms with van der Waals surface area (Å²) in [6, 6.07) is 17.0. The van der Waals surface area contributed by atoms with Crippen LogP contribution in [0.4, 0.5) is 0 Å². The highest BCUT2D eigenvalue weighted by molar-refractivity contribution is 5.67. The van der Waals surface area contributed by atoms with E-state index in [2.05, 4.69) is 74.9 Å². The molecule has 0 heteroatoms. The highest BCUT2D eigenvalue weighted by atomic mass is 14.2. The fourth-order valence-electron chi connectivity index (χ4n) is 2.59. The van der Waals surface area contributed by atoms with Gasteiger partial charge in [0.1, 0.15) is 0 Å². The van der Waals surface area contributed by atoms with Crippen molar-refractivity contribution >= 4 is 5.57 Å². The van der Waals surface area contributed by atoms with Crippen molar-refractivity contribution in [2.75, 3.05) is 0 Å². The van der Waals surface area contributed by atoms with E-state index in [0.717, 1.165) is 6.42 Å². The van der Waals surface area contributed by atoms with E-state index in [9.17, 15) is 0 Å². The zero-order valence-corrected chi connectivity index (χ0v) is 12.9. The maximum atomic E-state index is 5.34. The molecule has 2 aromatic rings. The van der Waals surface area contributed by atoms with Gasteiger partial charge in [-0.25, -0.2) is 0 Å². The molecule has 0 aliphatic carbocycles. The van der Waals surface area contributed by atoms with Crippen LogP contribution >= 0.6 is 0 Å². The summed E-state index contributed by atoms with van der Waals surface area (Å²) in [6.07, 6.45) is 7.04. The molecule has 0 aromatic heterocycles. The van der Waals surface area contributed by atoms with Crippen LogP contribution in [0.15, 0.2) is 55.1 Å². The highest BCUT2D eigenvalue weighted by Gasteiger charge is 2.11. The molecule has 1 unspecified atom stereocenters. The Labute approximate surface area is 128 Å². The molecule has 0 amide bonds. The smallest absolute Gasteiger partial charge is 0.0337 e. The van der Waals surface area contributed by atoms with Crippen LogP contribution in [0.1, 0.15) is 29.2 Å². The van der Waals surface area contributed by atoms with Crippen molar-refractivity contribution in [3.63, 3.8) is 0 Å². The monoisotopic (exact) mass is 274 g/mol. The lowest BCUT2D eigenvalue weighted by molar-refractivity contribution is 0.744. The van der Waals surface area contributed by atoms with E-state index in [1.54, 1.807) is 0 Å². The maximum Gasteiger partial charge on any atom is 0.0337 e. The zero-order chi connectivity index (χ0) is 15.2. The number of aryl methyl sites for hydroxylation is 1. The Morgan fingerprint density at radius 1 is 1.10 bits per heavy atom. The first-order valence-corrected chi connectivity index (χ1v) is 7.38. The summed E-state index contributed by atoms with van der Waals surface area (Å²) in [7, 11) is 0. The van der Waals surface area contributed by atoms with Crippen molar-refractivity contribution in [2.45, 2.75) is 26.7 Å². The van der Waals surface area contributed by atoms with Gasteiger partial charge in [-0.3, -0.25) is 0 Å². The molecule has 0 saturated heterocycles. The van der Waals surface area contributed by atoms with E-state index in [0.29, 0.717) is 12.3 Å². The van der Waals surface area contributed by atoms with Gasteiger partial charge in [-0.2, -0.15) is 0 Å². The Kier molecular flexibility index (Phi) is 5.01. The van der Waals surface area contributed by atoms with Crippen molar-refractivity contribution in [1.29, 1.82) is 0 Å². The molecule has 0 heterocycles. The molecule has 1 atom stereocenters. The third kappa shape index (κ3) is 3.86. The van der Waals surface area contributed by atoms with Gasteiger partial charge in [0.2, 0.25) is 0 Å². The van der Waals surface area contributed by atoms with E-state index < -0.39 is 0 Å². The molecule has 21 heavy (non-hydrogen) atoms. The molecular weight excluding hydrogens is 252 g/mol. The summed E-state index contributed by atoms with van der Waals surface area (Å²) in [5.41, 5.74) is 6.30. The highest BCUT2D eigenvalue weighted by Crippen LogP contribution is 2.27. The Balaban J connectivity index is 2.07. The van der Waals surface area contributed by atoms with Gasteiger partial charge in [0.05, 0.1) is 0 Å². The summed E-state index contributed by atoms with van der Waals surface area (Å²) < 4.78 is 0. The van der Waals surface area contributed by atoms with Crippen LogP contribution in [0.5, 0.6) is 0 Å². The van der Waals surface area contributed by atoms with Gasteiger partial charge in [-0.1, -0.05) is 62.0 Å². The lowest BCUT2D eigenvalue weighted by Gasteiger charge is -2.17. The first kappa shape index (κ1) is 15.1. The molecule has 106 valence electrons. The molecule has 0 radical (unpaired) electrons. The topological polar surface area (TPSA) is 0 Å². The van der Waals surface area contributed by atoms with Gasteiger partial charge in [-0.05, 0) is 47.1 Å². The average molecular weight is 274 g/mol. The number of allylic oxidation sites excluding steroid dienone is 1. The zero-order valence-electron chi connectivity index (χ0n) is 12.9. The van der Waals surface area contributed by atoms with Gasteiger partial charge in [-0.15, -0.1) is 12.3 Å². The number of rotatable bonds is 5. The van der Waals surface area contributed by atoms with Gasteiger partial charge in [0, 0.05) is 6.42 Å². The van der Waals surface area contributed by atoms with E-state index in [4.69, 9.17) is 6.42 Å². The fraction of sp³-hybridized carbons (Fsp3) is 0.238. The summed E-state index contributed by atoms with van der Waals surface area (Å²) >= 11 is 0. The predicted molar refractivity (Wildman–Crippen MR) is 92.1 cm³/mol. The predicted octanol–water partition coefficient (Wildman–Crippen LogP) is 5.06. The Morgan fingerprint density at radius 3 is 2.33 bits per heavy atom. The van der Waals surface area contributed by atoms with Crippen LogP contribution < -0.4 is 0 Å². The standard InChI is InChI=1S/C21H22/c1-5-8-19-11-13-20(14-12-19)15-17(3)18(4)21-10-7-6-9-16(21)2/h1,6-7,9-14,17H,4,8,15H2,2-3H3. The summed E-state index contributed by atoms with van der Waals surface area (Å²) in [4.78, 5) is 0. The van der Waals surface area contributed by atoms with E-state index >= 15 is 0 Å². The molecule has 0 spiro atoms. The van der Waals surface area contributed by atoms with Crippen LogP contribution in [0.3, 0.4) is 0 Å². The first-order chi connectivity index (χ1) is 10.1. The molecule has 0 nitrogen and oxygen atoms in total. The molecule has 2 aromatic carbocycles. The van der Waals surface area contributed by atoms with Crippen molar-refractivity contribution < 1.29 is 0 Å². The Hall–Kier alpha value is -2.26. The van der Waals surface area contributed by atoms with Crippen LogP contribution in [0, 0.1) is 25.2 Å². The van der Waals surface area contributed by atoms with E-state index in [-0.39, 0.29) is 0 Å². The molecule has 0 bridgehead atoms. The molecule has 0 saturated carbocycles. The van der Waals surface area contributed by atoms with E-state index in [1.165, 1.54) is 27.8 Å². The minimum absolute atomic E-state index is 0.421. The van der Waals surface area contributed by atoms with Crippen LogP contribution in [0.2, 0.25) is 0 Å². The van der Waals surface area contributed by atoms with E-state index in [1.807, 2.05) is 0 Å². The van der Waals surface area contributed by atoms with Gasteiger partial charge in [0.15, 0.2) is 0 Å². The summed E-state index contributed by atoms with van der Waals surface area (Å²) in [5.74, 6) is 3.10. The molecule has 0 N–H and O–H groups in total. The second kappa shape index (κ2) is 6.95. The molecule has 0 fully saturated rings. The normalized spacial score (nSPS) is 11.7. The van der Waals surface area contributed by atoms with Crippen molar-refractivity contribution in [2.24, 2.45) is 5.92 Å². The van der Waals surface area contributed by atoms with Crippen molar-refractivity contribution in [1.82, 2.24) is 0 Å². The van der Waals surface area contributed by atoms with Gasteiger partial charge >= 0.3 is 0 Å². The largest absolute Gasteiger partial charge is 0.120 e. The molecule has 0 aliphatic heterocycles. The quantitative estimate of drug-likeness (QED) is 0.668. The van der Waals surface area contributed by atoms with Crippen molar-refractivity contribution in [3.05, 3.63) is 77.4 Å². The lowest BCUT2D eigenvalue weighted by Crippen LogP contribution is -2.03. The number of hydrogen-bond acceptors (Lipinski definition) is 0. The third-order valence-corrected chi connectivity index (χ3v) is 3.96. The number of terminal acetylenes is 1. The van der Waals surface area contributed by atoms with Crippen LogP contribution in [-0.4, -0.2) is 0 Å². The first-order valence-electron chi connectivity index (χ1n) is 7.38. The number of hydrogen-bond donors (Lipinski definition) is 0. The fourth-order valence-corrected chi connectivity index (χ4v) is 2.59. The van der Waals surface area contributed by atoms with Crippen LogP contribution in [-0.2, 0) is 12.8 Å². The Bertz CT molecular complexity index is 653.